The summed E-state index contributed by atoms with van der Waals surface area (Å²) in [4.78, 5) is 30.9. The highest BCUT2D eigenvalue weighted by atomic mass is 19.1. The lowest BCUT2D eigenvalue weighted by Gasteiger charge is -2.20. The van der Waals surface area contributed by atoms with Crippen LogP contribution in [0.2, 0.25) is 0 Å². The number of amides is 3. The number of benzene rings is 2. The lowest BCUT2D eigenvalue weighted by atomic mass is 10.1. The molecule has 1 aliphatic heterocycles. The molecule has 180 valence electrons. The smallest absolute Gasteiger partial charge is 0.320 e. The van der Waals surface area contributed by atoms with Gasteiger partial charge >= 0.3 is 6.03 Å². The van der Waals surface area contributed by atoms with Crippen LogP contribution in [0.5, 0.6) is 5.75 Å². The minimum Gasteiger partial charge on any atom is -0.489 e. The fourth-order valence-electron chi connectivity index (χ4n) is 3.68. The van der Waals surface area contributed by atoms with Crippen LogP contribution in [-0.2, 0) is 4.79 Å². The van der Waals surface area contributed by atoms with E-state index in [0.717, 1.165) is 12.1 Å². The summed E-state index contributed by atoms with van der Waals surface area (Å²) < 4.78 is 36.5. The maximum Gasteiger partial charge on any atom is 0.320 e. The molecule has 2 aromatic heterocycles. The van der Waals surface area contributed by atoms with Crippen molar-refractivity contribution < 1.29 is 23.1 Å². The summed E-state index contributed by atoms with van der Waals surface area (Å²) in [6.07, 6.45) is 2.96. The van der Waals surface area contributed by atoms with Crippen molar-refractivity contribution in [2.24, 2.45) is 0 Å². The second-order valence-corrected chi connectivity index (χ2v) is 7.80. The van der Waals surface area contributed by atoms with E-state index in [2.05, 4.69) is 32.6 Å². The number of carbonyl (C=O) groups is 2. The Hall–Kier alpha value is -4.98. The highest BCUT2D eigenvalue weighted by Crippen LogP contribution is 2.30. The maximum absolute atomic E-state index is 15.1. The molecule has 0 fully saturated rings. The Morgan fingerprint density at radius 2 is 1.97 bits per heavy atom. The van der Waals surface area contributed by atoms with Gasteiger partial charge in [0.15, 0.2) is 11.5 Å². The molecule has 4 aromatic rings. The van der Waals surface area contributed by atoms with Gasteiger partial charge in [0.2, 0.25) is 0 Å². The molecule has 11 heteroatoms. The fourth-order valence-corrected chi connectivity index (χ4v) is 3.68. The van der Waals surface area contributed by atoms with Gasteiger partial charge in [-0.3, -0.25) is 4.79 Å². The summed E-state index contributed by atoms with van der Waals surface area (Å²) >= 11 is 0. The molecule has 1 atom stereocenters. The number of urea groups is 1. The van der Waals surface area contributed by atoms with Crippen molar-refractivity contribution in [2.75, 3.05) is 23.9 Å². The van der Waals surface area contributed by atoms with Crippen LogP contribution in [-0.4, -0.2) is 46.2 Å². The number of hydrogen-bond donors (Lipinski definition) is 2. The van der Waals surface area contributed by atoms with Gasteiger partial charge in [-0.15, -0.1) is 0 Å². The van der Waals surface area contributed by atoms with Gasteiger partial charge < -0.3 is 20.3 Å². The second-order valence-electron chi connectivity index (χ2n) is 7.80. The molecule has 0 spiro atoms. The predicted molar refractivity (Wildman–Crippen MR) is 127 cm³/mol. The van der Waals surface area contributed by atoms with E-state index in [-0.39, 0.29) is 12.3 Å². The first-order valence-corrected chi connectivity index (χ1v) is 10.8. The molecule has 3 heterocycles. The van der Waals surface area contributed by atoms with Crippen LogP contribution in [0.3, 0.4) is 0 Å². The van der Waals surface area contributed by atoms with E-state index in [4.69, 9.17) is 4.74 Å². The largest absolute Gasteiger partial charge is 0.489 e. The van der Waals surface area contributed by atoms with Crippen molar-refractivity contribution in [3.63, 3.8) is 0 Å². The van der Waals surface area contributed by atoms with Crippen molar-refractivity contribution in [1.29, 1.82) is 0 Å². The lowest BCUT2D eigenvalue weighted by Crippen LogP contribution is -2.50. The number of nitrogens with zero attached hydrogens (tertiary/aromatic N) is 4. The van der Waals surface area contributed by atoms with Crippen molar-refractivity contribution in [3.8, 4) is 17.6 Å². The number of likely N-dealkylation sites (N-methyl/N-ethyl adjacent to an activating group) is 1. The van der Waals surface area contributed by atoms with Crippen LogP contribution in [0, 0.1) is 23.5 Å². The maximum atomic E-state index is 15.1. The lowest BCUT2D eigenvalue weighted by molar-refractivity contribution is -0.120. The molecule has 0 aliphatic carbocycles. The third-order valence-corrected chi connectivity index (χ3v) is 5.50. The van der Waals surface area contributed by atoms with Crippen LogP contribution in [0.4, 0.5) is 25.0 Å². The van der Waals surface area contributed by atoms with Crippen LogP contribution in [0.1, 0.15) is 11.3 Å². The first-order valence-electron chi connectivity index (χ1n) is 10.8. The Kier molecular flexibility index (Phi) is 5.92. The highest BCUT2D eigenvalue weighted by Gasteiger charge is 2.30. The van der Waals surface area contributed by atoms with Crippen LogP contribution in [0.15, 0.2) is 60.9 Å². The third-order valence-electron chi connectivity index (χ3n) is 5.50. The van der Waals surface area contributed by atoms with E-state index in [0.29, 0.717) is 22.8 Å². The summed E-state index contributed by atoms with van der Waals surface area (Å²) in [6.45, 7) is -0.121. The van der Waals surface area contributed by atoms with E-state index in [1.165, 1.54) is 21.8 Å². The number of nitrogens with one attached hydrogen (secondary N) is 2. The molecule has 0 unspecified atom stereocenters. The van der Waals surface area contributed by atoms with Crippen LogP contribution < -0.4 is 20.3 Å². The molecule has 2 N–H and O–H groups in total. The second kappa shape index (κ2) is 9.34. The zero-order valence-corrected chi connectivity index (χ0v) is 18.8. The first-order chi connectivity index (χ1) is 17.4. The summed E-state index contributed by atoms with van der Waals surface area (Å²) in [6, 6.07) is 10.5. The summed E-state index contributed by atoms with van der Waals surface area (Å²) in [5, 5.41) is 8.88. The molecule has 5 rings (SSSR count). The minimum atomic E-state index is -1.06. The zero-order valence-electron chi connectivity index (χ0n) is 18.8. The predicted octanol–water partition coefficient (Wildman–Crippen LogP) is 2.95. The van der Waals surface area contributed by atoms with Crippen molar-refractivity contribution >= 4 is 29.0 Å². The number of ether oxygens (including phenoxy) is 1. The zero-order chi connectivity index (χ0) is 25.2. The van der Waals surface area contributed by atoms with Gasteiger partial charge in [0.1, 0.15) is 29.9 Å². The Morgan fingerprint density at radius 1 is 1.14 bits per heavy atom. The van der Waals surface area contributed by atoms with Crippen LogP contribution >= 0.6 is 0 Å². The van der Waals surface area contributed by atoms with Crippen LogP contribution in [0.25, 0.3) is 5.65 Å². The number of aromatic nitrogens is 3. The number of anilines is 2. The average Bonchev–Trinajstić information content (AvgIpc) is 3.26. The van der Waals surface area contributed by atoms with Gasteiger partial charge in [-0.25, -0.2) is 23.1 Å². The van der Waals surface area contributed by atoms with E-state index >= 15 is 4.39 Å². The number of rotatable bonds is 2. The van der Waals surface area contributed by atoms with Crippen molar-refractivity contribution in [2.45, 2.75) is 6.04 Å². The van der Waals surface area contributed by atoms with Crippen molar-refractivity contribution in [1.82, 2.24) is 19.9 Å². The molecule has 3 amide bonds. The monoisotopic (exact) mass is 488 g/mol. The van der Waals surface area contributed by atoms with E-state index in [1.807, 2.05) is 0 Å². The molecule has 0 radical (unpaired) electrons. The molecular weight excluding hydrogens is 470 g/mol. The Labute approximate surface area is 203 Å². The van der Waals surface area contributed by atoms with Gasteiger partial charge in [-0.1, -0.05) is 18.1 Å². The number of halogens is 2. The molecule has 0 bridgehead atoms. The van der Waals surface area contributed by atoms with E-state index in [9.17, 15) is 14.0 Å². The minimum absolute atomic E-state index is 0.121. The normalized spacial score (nSPS) is 14.8. The Balaban J connectivity index is 1.33. The summed E-state index contributed by atoms with van der Waals surface area (Å²) in [5.74, 6) is 3.21. The highest BCUT2D eigenvalue weighted by molar-refractivity contribution is 6.02. The molecule has 1 aliphatic rings. The molecule has 0 saturated heterocycles. The molecule has 36 heavy (non-hydrogen) atoms. The number of hydrogen-bond acceptors (Lipinski definition) is 5. The average molecular weight is 488 g/mol. The molecule has 0 saturated carbocycles. The standard InChI is InChI=1S/C25H18F2N6O3/c1-32-20-5-2-3-6-21(20)36-14-19(24(32)34)31-25(35)30-18-11-10-17(26)16(23(18)27)9-8-15-13-28-22-7-4-12-29-33(15)22/h2-7,10-13,19H,14H2,1H3,(H2,30,31,35)/t19-/m1/s1. The topological polar surface area (TPSA) is 101 Å². The number of carbonyl (C=O) groups excluding carboxylic acids is 2. The van der Waals surface area contributed by atoms with Gasteiger partial charge in [0.05, 0.1) is 23.1 Å². The van der Waals surface area contributed by atoms with Gasteiger partial charge in [0.25, 0.3) is 5.91 Å². The van der Waals surface area contributed by atoms with Gasteiger partial charge in [-0.05, 0) is 42.3 Å². The van der Waals surface area contributed by atoms with Gasteiger partial charge in [-0.2, -0.15) is 5.10 Å². The molecular formula is C25H18F2N6O3. The Bertz CT molecular complexity index is 1560. The summed E-state index contributed by atoms with van der Waals surface area (Å²) in [7, 11) is 1.56. The van der Waals surface area contributed by atoms with Crippen molar-refractivity contribution in [3.05, 3.63) is 83.8 Å². The SMILES string of the molecule is CN1C(=O)[C@H](NC(=O)Nc2ccc(F)c(C#Cc3cnc4cccnn34)c2F)COc2ccccc21. The number of imidazole rings is 1. The molecule has 2 aromatic carbocycles. The molecule has 9 nitrogen and oxygen atoms in total. The third kappa shape index (κ3) is 4.27. The quantitative estimate of drug-likeness (QED) is 0.423. The van der Waals surface area contributed by atoms with Gasteiger partial charge in [0, 0.05) is 13.2 Å². The van der Waals surface area contributed by atoms with E-state index < -0.39 is 35.2 Å². The summed E-state index contributed by atoms with van der Waals surface area (Å²) in [5.41, 5.74) is 0.565. The van der Waals surface area contributed by atoms with E-state index in [1.54, 1.807) is 43.4 Å². The fraction of sp³-hybridized carbons (Fsp3) is 0.120. The Morgan fingerprint density at radius 3 is 2.83 bits per heavy atom. The first kappa shape index (κ1) is 22.8. The number of para-hydroxylation sites is 2. The number of fused-ring (bicyclic) bond motifs is 2.